The number of fused-ring (bicyclic) bond motifs is 3. The summed E-state index contributed by atoms with van der Waals surface area (Å²) < 4.78 is 56.5. The van der Waals surface area contributed by atoms with E-state index in [-0.39, 0.29) is 11.9 Å². The van der Waals surface area contributed by atoms with Crippen molar-refractivity contribution in [3.8, 4) is 0 Å². The highest BCUT2D eigenvalue weighted by Gasteiger charge is 2.41. The van der Waals surface area contributed by atoms with E-state index < -0.39 is 18.5 Å². The number of carbonyl (C=O) groups is 2. The van der Waals surface area contributed by atoms with Crippen molar-refractivity contribution in [1.82, 2.24) is 20.4 Å². The van der Waals surface area contributed by atoms with Crippen molar-refractivity contribution < 1.29 is 27.2 Å². The molecule has 4 aliphatic heterocycles. The lowest BCUT2D eigenvalue weighted by molar-refractivity contribution is -0.127. The maximum absolute atomic E-state index is 14.9. The van der Waals surface area contributed by atoms with Gasteiger partial charge in [0, 0.05) is 69.3 Å². The number of nitrogens with one attached hydrogen (secondary N) is 2. The molecule has 0 saturated carbocycles. The minimum Gasteiger partial charge on any atom is -0.372 e. The molecule has 0 radical (unpaired) electrons. The summed E-state index contributed by atoms with van der Waals surface area (Å²) in [6.45, 7) is 9.76. The third kappa shape index (κ3) is 7.69. The van der Waals surface area contributed by atoms with E-state index in [1.165, 1.54) is 24.9 Å². The highest BCUT2D eigenvalue weighted by atomic mass is 19.4. The average molecular weight is 798 g/mol. The number of hydrogen-bond donors (Lipinski definition) is 2. The number of rotatable bonds is 7. The highest BCUT2D eigenvalue weighted by molar-refractivity contribution is 6.06. The van der Waals surface area contributed by atoms with Gasteiger partial charge in [0.2, 0.25) is 11.9 Å². The molecule has 5 heterocycles. The molecule has 9 rings (SSSR count). The molecule has 0 bridgehead atoms. The predicted molar refractivity (Wildman–Crippen MR) is 219 cm³/mol. The molecule has 4 saturated heterocycles. The number of aryl methyl sites for hydroxylation is 2. The lowest BCUT2D eigenvalue weighted by Gasteiger charge is -2.41. The van der Waals surface area contributed by atoms with E-state index in [1.54, 1.807) is 11.0 Å². The number of piperidine rings is 2. The minimum atomic E-state index is -4.34. The standard InChI is InChI=1S/C45H51F4N7O2/c1-29-25-34(9-12-38(29)56-21-15-39(57)50-43(56)58)55-23-17-44(18-24-55)16-22-53(28-44)27-30-13-19-54(20-14-30)33-7-5-31(6-8-33)40-32(26-45(47,48)49)3-2-4-35-36(40)10-11-37-41(35)42(46)52-51-37/h5-12,25,30H,2-4,13-24,26-28H2,1H3,(H,51,52)(H,50,57,58). The van der Waals surface area contributed by atoms with Crippen molar-refractivity contribution in [2.45, 2.75) is 77.3 Å². The van der Waals surface area contributed by atoms with Gasteiger partial charge in [-0.05, 0) is 140 Å². The molecule has 13 heteroatoms. The van der Waals surface area contributed by atoms with Crippen LogP contribution in [0.15, 0.2) is 60.2 Å². The average Bonchev–Trinajstić information content (AvgIpc) is 3.72. The Morgan fingerprint density at radius 3 is 2.29 bits per heavy atom. The number of nitrogens with zero attached hydrogens (tertiary/aromatic N) is 5. The largest absolute Gasteiger partial charge is 0.392 e. The third-order valence-electron chi connectivity index (χ3n) is 13.6. The van der Waals surface area contributed by atoms with Crippen molar-refractivity contribution in [3.05, 3.63) is 88.4 Å². The first-order chi connectivity index (χ1) is 27.9. The topological polar surface area (TPSA) is 87.8 Å². The summed E-state index contributed by atoms with van der Waals surface area (Å²) in [7, 11) is 0. The van der Waals surface area contributed by atoms with Crippen LogP contribution in [0.1, 0.15) is 80.0 Å². The van der Waals surface area contributed by atoms with E-state index in [0.29, 0.717) is 71.2 Å². The fraction of sp³-hybridized carbons (Fsp3) is 0.489. The number of allylic oxidation sites excluding steroid dienone is 1. The van der Waals surface area contributed by atoms with Gasteiger partial charge in [0.15, 0.2) is 0 Å². The molecule has 2 N–H and O–H groups in total. The van der Waals surface area contributed by atoms with E-state index in [4.69, 9.17) is 0 Å². The summed E-state index contributed by atoms with van der Waals surface area (Å²) in [5, 5.41) is 9.26. The van der Waals surface area contributed by atoms with Crippen LogP contribution in [0.2, 0.25) is 0 Å². The minimum absolute atomic E-state index is 0.226. The Hall–Kier alpha value is -4.91. The second kappa shape index (κ2) is 15.4. The van der Waals surface area contributed by atoms with Crippen LogP contribution in [0.25, 0.3) is 16.5 Å². The van der Waals surface area contributed by atoms with Crippen molar-refractivity contribution in [2.75, 3.05) is 67.1 Å². The maximum Gasteiger partial charge on any atom is 0.392 e. The number of imide groups is 1. The summed E-state index contributed by atoms with van der Waals surface area (Å²) in [6, 6.07) is 17.4. The second-order valence-corrected chi connectivity index (χ2v) is 17.3. The quantitative estimate of drug-likeness (QED) is 0.182. The first-order valence-electron chi connectivity index (χ1n) is 20.9. The number of hydrogen-bond acceptors (Lipinski definition) is 6. The zero-order valence-electron chi connectivity index (χ0n) is 33.1. The molecule has 1 spiro atoms. The Bertz CT molecular complexity index is 2230. The Morgan fingerprint density at radius 1 is 0.845 bits per heavy atom. The van der Waals surface area contributed by atoms with E-state index in [0.717, 1.165) is 86.7 Å². The number of aromatic nitrogens is 2. The number of anilines is 3. The highest BCUT2D eigenvalue weighted by Crippen LogP contribution is 2.44. The van der Waals surface area contributed by atoms with Gasteiger partial charge in [-0.15, -0.1) is 0 Å². The SMILES string of the molecule is Cc1cc(N2CCC3(CCN(CC4CCN(c5ccc(C6=C(CC(F)(F)F)CCCc7c6ccc6n[nH]c(F)c76)cc5)CC4)C3)CC2)ccc1N1CCC(=O)NC1=O. The number of carbonyl (C=O) groups excluding carboxylic acids is 2. The summed E-state index contributed by atoms with van der Waals surface area (Å²) >= 11 is 0. The number of amides is 3. The van der Waals surface area contributed by atoms with Crippen LogP contribution in [0.4, 0.5) is 39.4 Å². The van der Waals surface area contributed by atoms with E-state index in [9.17, 15) is 27.2 Å². The maximum atomic E-state index is 14.9. The van der Waals surface area contributed by atoms with Crippen LogP contribution >= 0.6 is 0 Å². The van der Waals surface area contributed by atoms with Gasteiger partial charge in [0.1, 0.15) is 0 Å². The van der Waals surface area contributed by atoms with Crippen LogP contribution in [-0.2, 0) is 11.2 Å². The van der Waals surface area contributed by atoms with Crippen LogP contribution in [0.3, 0.4) is 0 Å². The number of H-pyrrole nitrogens is 1. The molecule has 3 aromatic carbocycles. The predicted octanol–water partition coefficient (Wildman–Crippen LogP) is 8.76. The Balaban J connectivity index is 0.798. The fourth-order valence-electron chi connectivity index (χ4n) is 10.5. The molecule has 9 nitrogen and oxygen atoms in total. The smallest absolute Gasteiger partial charge is 0.372 e. The lowest BCUT2D eigenvalue weighted by Crippen LogP contribution is -2.49. The van der Waals surface area contributed by atoms with Crippen LogP contribution in [0.5, 0.6) is 0 Å². The van der Waals surface area contributed by atoms with Crippen molar-refractivity contribution in [3.63, 3.8) is 0 Å². The van der Waals surface area contributed by atoms with E-state index in [2.05, 4.69) is 42.3 Å². The van der Waals surface area contributed by atoms with E-state index >= 15 is 0 Å². The Labute approximate surface area is 336 Å². The van der Waals surface area contributed by atoms with Gasteiger partial charge in [-0.1, -0.05) is 23.8 Å². The van der Waals surface area contributed by atoms with Gasteiger partial charge < -0.3 is 14.7 Å². The zero-order chi connectivity index (χ0) is 40.2. The number of benzene rings is 3. The van der Waals surface area contributed by atoms with Gasteiger partial charge in [0.05, 0.1) is 17.3 Å². The fourth-order valence-corrected chi connectivity index (χ4v) is 10.5. The summed E-state index contributed by atoms with van der Waals surface area (Å²) in [6.07, 6.45) is 2.06. The van der Waals surface area contributed by atoms with E-state index in [1.807, 2.05) is 43.3 Å². The molecule has 1 aliphatic carbocycles. The summed E-state index contributed by atoms with van der Waals surface area (Å²) in [4.78, 5) is 33.3. The Kier molecular flexibility index (Phi) is 10.2. The number of likely N-dealkylation sites (tertiary alicyclic amines) is 1. The van der Waals surface area contributed by atoms with Gasteiger partial charge in [-0.2, -0.15) is 22.7 Å². The van der Waals surface area contributed by atoms with Crippen molar-refractivity contribution in [2.24, 2.45) is 11.3 Å². The number of halogens is 4. The molecule has 1 aromatic heterocycles. The second-order valence-electron chi connectivity index (χ2n) is 17.3. The number of aromatic amines is 1. The summed E-state index contributed by atoms with van der Waals surface area (Å²) in [5.41, 5.74) is 8.04. The molecule has 58 heavy (non-hydrogen) atoms. The van der Waals surface area contributed by atoms with Crippen LogP contribution in [0, 0.1) is 24.2 Å². The molecule has 5 aliphatic rings. The molecular formula is C45H51F4N7O2. The molecule has 306 valence electrons. The van der Waals surface area contributed by atoms with Crippen molar-refractivity contribution >= 4 is 45.5 Å². The first-order valence-corrected chi connectivity index (χ1v) is 20.9. The molecular weight excluding hydrogens is 747 g/mol. The zero-order valence-corrected chi connectivity index (χ0v) is 33.1. The van der Waals surface area contributed by atoms with Crippen molar-refractivity contribution in [1.29, 1.82) is 0 Å². The van der Waals surface area contributed by atoms with Crippen LogP contribution in [-0.4, -0.2) is 85.6 Å². The monoisotopic (exact) mass is 797 g/mol. The third-order valence-corrected chi connectivity index (χ3v) is 13.6. The van der Waals surface area contributed by atoms with Crippen LogP contribution < -0.4 is 20.0 Å². The van der Waals surface area contributed by atoms with Gasteiger partial charge in [-0.3, -0.25) is 20.1 Å². The van der Waals surface area contributed by atoms with Gasteiger partial charge >= 0.3 is 12.2 Å². The Morgan fingerprint density at radius 2 is 1.57 bits per heavy atom. The molecule has 3 amide bonds. The molecule has 0 atom stereocenters. The molecule has 4 aromatic rings. The first kappa shape index (κ1) is 38.6. The lowest BCUT2D eigenvalue weighted by atomic mass is 9.77. The normalized spacial score (nSPS) is 20.9. The summed E-state index contributed by atoms with van der Waals surface area (Å²) in [5.74, 6) is -0.141. The van der Waals surface area contributed by atoms with Gasteiger partial charge in [-0.25, -0.2) is 4.79 Å². The molecule has 4 fully saturated rings. The number of urea groups is 1. The number of alkyl halides is 3. The molecule has 0 unspecified atom stereocenters. The van der Waals surface area contributed by atoms with Gasteiger partial charge in [0.25, 0.3) is 0 Å².